The van der Waals surface area contributed by atoms with Crippen LogP contribution in [0, 0.1) is 5.82 Å². The molecule has 4 nitrogen and oxygen atoms in total. The van der Waals surface area contributed by atoms with Crippen LogP contribution in [0.25, 0.3) is 0 Å². The number of carbonyl (C=O) groups is 1. The smallest absolute Gasteiger partial charge is 0.354 e. The largest absolute Gasteiger partial charge is 0.477 e. The van der Waals surface area contributed by atoms with Crippen molar-refractivity contribution in [3.8, 4) is 0 Å². The Morgan fingerprint density at radius 3 is 2.50 bits per heavy atom. The summed E-state index contributed by atoms with van der Waals surface area (Å²) in [6.45, 7) is 0. The maximum Gasteiger partial charge on any atom is 0.354 e. The van der Waals surface area contributed by atoms with E-state index in [1.165, 1.54) is 0 Å². The molecule has 0 aliphatic carbocycles. The molecule has 0 saturated carbocycles. The molecule has 0 aliphatic heterocycles. The van der Waals surface area contributed by atoms with Crippen LogP contribution in [0.4, 0.5) is 19.0 Å². The van der Waals surface area contributed by atoms with E-state index < -0.39 is 35.3 Å². The molecule has 0 fully saturated rings. The van der Waals surface area contributed by atoms with E-state index >= 15 is 0 Å². The van der Waals surface area contributed by atoms with Crippen molar-refractivity contribution in [2.24, 2.45) is 0 Å². The number of nitrogens with two attached hydrogens (primary N) is 1. The van der Waals surface area contributed by atoms with E-state index in [-0.39, 0.29) is 0 Å². The van der Waals surface area contributed by atoms with E-state index in [0.29, 0.717) is 6.07 Å². The van der Waals surface area contributed by atoms with Gasteiger partial charge >= 0.3 is 5.97 Å². The van der Waals surface area contributed by atoms with E-state index in [0.717, 1.165) is 0 Å². The van der Waals surface area contributed by atoms with Crippen LogP contribution in [0.15, 0.2) is 6.07 Å². The molecule has 0 aromatic carbocycles. The maximum absolute atomic E-state index is 12.9. The first-order valence-corrected chi connectivity index (χ1v) is 3.41. The first-order valence-electron chi connectivity index (χ1n) is 3.41. The number of hydrogen-bond donors (Lipinski definition) is 2. The number of nitrogens with zero attached hydrogens (tertiary/aromatic N) is 1. The standard InChI is InChI=1S/C7H5F3N2O2/c8-2-1-3(7(13)14)12-6(11)4(2)5(9)10/h1,5H,(H2,11,12)(H,13,14). The van der Waals surface area contributed by atoms with Crippen molar-refractivity contribution in [1.29, 1.82) is 0 Å². The van der Waals surface area contributed by atoms with Gasteiger partial charge in [0.25, 0.3) is 6.43 Å². The van der Waals surface area contributed by atoms with Gasteiger partial charge in [-0.25, -0.2) is 22.9 Å². The second kappa shape index (κ2) is 3.52. The van der Waals surface area contributed by atoms with Gasteiger partial charge in [-0.2, -0.15) is 0 Å². The Labute approximate surface area is 76.2 Å². The summed E-state index contributed by atoms with van der Waals surface area (Å²) < 4.78 is 37.1. The molecule has 0 radical (unpaired) electrons. The zero-order chi connectivity index (χ0) is 10.9. The molecule has 1 aromatic heterocycles. The molecule has 1 heterocycles. The van der Waals surface area contributed by atoms with Crippen molar-refractivity contribution >= 4 is 11.8 Å². The highest BCUT2D eigenvalue weighted by Crippen LogP contribution is 2.26. The molecule has 0 unspecified atom stereocenters. The molecule has 0 amide bonds. The fourth-order valence-corrected chi connectivity index (χ4v) is 0.868. The number of carboxylic acids is 1. The molecule has 0 bridgehead atoms. The third-order valence-electron chi connectivity index (χ3n) is 1.47. The molecule has 7 heteroatoms. The molecule has 76 valence electrons. The summed E-state index contributed by atoms with van der Waals surface area (Å²) in [5.74, 6) is -3.71. The van der Waals surface area contributed by atoms with Gasteiger partial charge < -0.3 is 10.8 Å². The molecule has 0 atom stereocenters. The molecule has 1 aromatic rings. The first-order chi connectivity index (χ1) is 6.43. The minimum Gasteiger partial charge on any atom is -0.477 e. The Morgan fingerprint density at radius 2 is 2.14 bits per heavy atom. The zero-order valence-corrected chi connectivity index (χ0v) is 6.67. The van der Waals surface area contributed by atoms with Crippen molar-refractivity contribution in [1.82, 2.24) is 4.98 Å². The topological polar surface area (TPSA) is 76.2 Å². The highest BCUT2D eigenvalue weighted by molar-refractivity contribution is 5.85. The van der Waals surface area contributed by atoms with Gasteiger partial charge in [-0.15, -0.1) is 0 Å². The number of anilines is 1. The molecule has 14 heavy (non-hydrogen) atoms. The van der Waals surface area contributed by atoms with Crippen LogP contribution >= 0.6 is 0 Å². The summed E-state index contributed by atoms with van der Waals surface area (Å²) in [4.78, 5) is 13.4. The molecule has 0 aliphatic rings. The van der Waals surface area contributed by atoms with Gasteiger partial charge in [0.15, 0.2) is 5.69 Å². The monoisotopic (exact) mass is 206 g/mol. The van der Waals surface area contributed by atoms with Gasteiger partial charge in [-0.1, -0.05) is 0 Å². The number of hydrogen-bond acceptors (Lipinski definition) is 3. The van der Waals surface area contributed by atoms with E-state index in [1.54, 1.807) is 0 Å². The average Bonchev–Trinajstić information content (AvgIpc) is 2.01. The second-order valence-corrected chi connectivity index (χ2v) is 2.39. The fraction of sp³-hybridized carbons (Fsp3) is 0.143. The SMILES string of the molecule is Nc1nc(C(=O)O)cc(F)c1C(F)F. The summed E-state index contributed by atoms with van der Waals surface area (Å²) >= 11 is 0. The lowest BCUT2D eigenvalue weighted by molar-refractivity contribution is 0.0689. The Hall–Kier alpha value is -1.79. The number of aromatic nitrogens is 1. The lowest BCUT2D eigenvalue weighted by atomic mass is 10.2. The van der Waals surface area contributed by atoms with Crippen molar-refractivity contribution in [2.75, 3.05) is 5.73 Å². The predicted octanol–water partition coefficient (Wildman–Crippen LogP) is 1.44. The van der Waals surface area contributed by atoms with Crippen LogP contribution in [0.5, 0.6) is 0 Å². The maximum atomic E-state index is 12.9. The lowest BCUT2D eigenvalue weighted by Crippen LogP contribution is -2.08. The Kier molecular flexibility index (Phi) is 2.59. The number of carboxylic acid groups (broad SMARTS) is 1. The van der Waals surface area contributed by atoms with E-state index in [9.17, 15) is 18.0 Å². The molecule has 0 saturated heterocycles. The summed E-state index contributed by atoms with van der Waals surface area (Å²) in [5.41, 5.74) is 3.19. The van der Waals surface area contributed by atoms with Crippen LogP contribution in [0.2, 0.25) is 0 Å². The average molecular weight is 206 g/mol. The highest BCUT2D eigenvalue weighted by Gasteiger charge is 2.21. The lowest BCUT2D eigenvalue weighted by Gasteiger charge is -2.05. The van der Waals surface area contributed by atoms with Crippen LogP contribution < -0.4 is 5.73 Å². The zero-order valence-electron chi connectivity index (χ0n) is 6.67. The minimum atomic E-state index is -3.12. The van der Waals surface area contributed by atoms with Crippen LogP contribution in [0.1, 0.15) is 22.5 Å². The number of pyridine rings is 1. The summed E-state index contributed by atoms with van der Waals surface area (Å²) in [6.07, 6.45) is -3.12. The van der Waals surface area contributed by atoms with Crippen molar-refractivity contribution < 1.29 is 23.1 Å². The van der Waals surface area contributed by atoms with Gasteiger partial charge in [0.05, 0.1) is 5.56 Å². The quantitative estimate of drug-likeness (QED) is 0.767. The van der Waals surface area contributed by atoms with Gasteiger partial charge in [0.1, 0.15) is 11.6 Å². The number of rotatable bonds is 2. The van der Waals surface area contributed by atoms with Crippen LogP contribution in [0.3, 0.4) is 0 Å². The van der Waals surface area contributed by atoms with Gasteiger partial charge in [-0.3, -0.25) is 0 Å². The Morgan fingerprint density at radius 1 is 1.57 bits per heavy atom. The molecular weight excluding hydrogens is 201 g/mol. The van der Waals surface area contributed by atoms with E-state index in [1.807, 2.05) is 0 Å². The second-order valence-electron chi connectivity index (χ2n) is 2.39. The van der Waals surface area contributed by atoms with Crippen molar-refractivity contribution in [3.63, 3.8) is 0 Å². The Balaban J connectivity index is 3.32. The van der Waals surface area contributed by atoms with Crippen LogP contribution in [-0.2, 0) is 0 Å². The minimum absolute atomic E-state index is 0.403. The van der Waals surface area contributed by atoms with Gasteiger partial charge in [-0.05, 0) is 0 Å². The Bertz CT molecular complexity index is 358. The van der Waals surface area contributed by atoms with Gasteiger partial charge in [0, 0.05) is 6.07 Å². The number of aromatic carboxylic acids is 1. The van der Waals surface area contributed by atoms with Crippen molar-refractivity contribution in [2.45, 2.75) is 6.43 Å². The van der Waals surface area contributed by atoms with E-state index in [4.69, 9.17) is 10.8 Å². The summed E-state index contributed by atoms with van der Waals surface area (Å²) in [6, 6.07) is 0.403. The molecular formula is C7H5F3N2O2. The first kappa shape index (κ1) is 10.3. The number of alkyl halides is 2. The highest BCUT2D eigenvalue weighted by atomic mass is 19.3. The summed E-state index contributed by atoms with van der Waals surface area (Å²) in [7, 11) is 0. The van der Waals surface area contributed by atoms with Crippen LogP contribution in [-0.4, -0.2) is 16.1 Å². The summed E-state index contributed by atoms with van der Waals surface area (Å²) in [5, 5.41) is 8.39. The van der Waals surface area contributed by atoms with E-state index in [2.05, 4.69) is 4.98 Å². The molecule has 3 N–H and O–H groups in total. The fourth-order valence-electron chi connectivity index (χ4n) is 0.868. The number of halogens is 3. The third kappa shape index (κ3) is 1.76. The normalized spacial score (nSPS) is 10.6. The van der Waals surface area contributed by atoms with Gasteiger partial charge in [0.2, 0.25) is 0 Å². The van der Waals surface area contributed by atoms with Crippen molar-refractivity contribution in [3.05, 3.63) is 23.1 Å². The number of nitrogen functional groups attached to an aromatic ring is 1. The molecule has 0 spiro atoms. The molecule has 1 rings (SSSR count). The third-order valence-corrected chi connectivity index (χ3v) is 1.47. The predicted molar refractivity (Wildman–Crippen MR) is 40.5 cm³/mol.